The number of hydrogen-bond acceptors (Lipinski definition) is 4. The fourth-order valence-electron chi connectivity index (χ4n) is 5.23. The van der Waals surface area contributed by atoms with Gasteiger partial charge < -0.3 is 9.64 Å². The van der Waals surface area contributed by atoms with Gasteiger partial charge in [-0.3, -0.25) is 14.7 Å². The van der Waals surface area contributed by atoms with E-state index >= 15 is 0 Å². The summed E-state index contributed by atoms with van der Waals surface area (Å²) in [6.45, 7) is 5.70. The van der Waals surface area contributed by atoms with Crippen molar-refractivity contribution >= 4 is 5.91 Å². The Bertz CT molecular complexity index is 680. The Morgan fingerprint density at radius 1 is 1.37 bits per heavy atom. The van der Waals surface area contributed by atoms with Gasteiger partial charge in [0, 0.05) is 63.7 Å². The average Bonchev–Trinajstić information content (AvgIpc) is 3.33. The number of piperidine rings is 1. The number of ether oxygens (including phenoxy) is 1. The number of carbonyl (C=O) groups excluding carboxylic acids is 1. The lowest BCUT2D eigenvalue weighted by Gasteiger charge is -2.42. The smallest absolute Gasteiger partial charge is 0.249 e. The molecule has 1 aliphatic carbocycles. The van der Waals surface area contributed by atoms with E-state index in [1.807, 2.05) is 25.6 Å². The van der Waals surface area contributed by atoms with Gasteiger partial charge in [-0.1, -0.05) is 12.1 Å². The Kier molecular flexibility index (Phi) is 5.60. The zero-order chi connectivity index (χ0) is 18.7. The maximum Gasteiger partial charge on any atom is 0.249 e. The molecule has 1 atom stereocenters. The SMILES string of the molecule is COCC1CN(Cc2cccnc2)CC12CCN(C(=O)C1=CCCC1)CC2. The van der Waals surface area contributed by atoms with Crippen molar-refractivity contribution in [3.63, 3.8) is 0 Å². The maximum absolute atomic E-state index is 12.7. The molecule has 2 aliphatic heterocycles. The molecule has 1 aromatic heterocycles. The zero-order valence-corrected chi connectivity index (χ0v) is 16.4. The monoisotopic (exact) mass is 369 g/mol. The number of amides is 1. The lowest BCUT2D eigenvalue weighted by atomic mass is 9.71. The van der Waals surface area contributed by atoms with E-state index in [1.54, 1.807) is 0 Å². The van der Waals surface area contributed by atoms with Crippen molar-refractivity contribution in [2.45, 2.75) is 38.6 Å². The summed E-state index contributed by atoms with van der Waals surface area (Å²) >= 11 is 0. The van der Waals surface area contributed by atoms with Crippen molar-refractivity contribution in [3.8, 4) is 0 Å². The van der Waals surface area contributed by atoms with Crippen LogP contribution in [-0.2, 0) is 16.1 Å². The number of likely N-dealkylation sites (tertiary alicyclic amines) is 2. The molecule has 1 aromatic rings. The van der Waals surface area contributed by atoms with Crippen LogP contribution in [0, 0.1) is 11.3 Å². The second-order valence-electron chi connectivity index (χ2n) is 8.46. The van der Waals surface area contributed by atoms with Crippen LogP contribution in [0.15, 0.2) is 36.2 Å². The molecular weight excluding hydrogens is 338 g/mol. The minimum atomic E-state index is 0.277. The Hall–Kier alpha value is -1.72. The summed E-state index contributed by atoms with van der Waals surface area (Å²) < 4.78 is 5.58. The first kappa shape index (κ1) is 18.6. The van der Waals surface area contributed by atoms with Gasteiger partial charge in [-0.2, -0.15) is 0 Å². The van der Waals surface area contributed by atoms with E-state index in [4.69, 9.17) is 4.74 Å². The molecule has 5 nitrogen and oxygen atoms in total. The molecule has 3 aliphatic rings. The van der Waals surface area contributed by atoms with Crippen molar-refractivity contribution in [1.82, 2.24) is 14.8 Å². The molecule has 0 aromatic carbocycles. The van der Waals surface area contributed by atoms with Gasteiger partial charge in [0.25, 0.3) is 0 Å². The third-order valence-electron chi connectivity index (χ3n) is 6.74. The third-order valence-corrected chi connectivity index (χ3v) is 6.74. The Morgan fingerprint density at radius 3 is 2.89 bits per heavy atom. The van der Waals surface area contributed by atoms with Crippen molar-refractivity contribution in [2.75, 3.05) is 39.9 Å². The quantitative estimate of drug-likeness (QED) is 0.801. The van der Waals surface area contributed by atoms with E-state index < -0.39 is 0 Å². The Balaban J connectivity index is 1.41. The summed E-state index contributed by atoms with van der Waals surface area (Å²) in [6, 6.07) is 4.16. The van der Waals surface area contributed by atoms with E-state index in [-0.39, 0.29) is 11.3 Å². The number of methoxy groups -OCH3 is 1. The van der Waals surface area contributed by atoms with Gasteiger partial charge in [0.15, 0.2) is 0 Å². The van der Waals surface area contributed by atoms with Crippen molar-refractivity contribution in [3.05, 3.63) is 41.7 Å². The summed E-state index contributed by atoms with van der Waals surface area (Å²) in [5, 5.41) is 0. The molecule has 4 rings (SSSR count). The summed E-state index contributed by atoms with van der Waals surface area (Å²) in [7, 11) is 1.81. The highest BCUT2D eigenvalue weighted by atomic mass is 16.5. The number of rotatable bonds is 5. The molecule has 1 spiro atoms. The van der Waals surface area contributed by atoms with E-state index in [2.05, 4.69) is 26.9 Å². The van der Waals surface area contributed by atoms with Gasteiger partial charge in [0.1, 0.15) is 0 Å². The highest BCUT2D eigenvalue weighted by Crippen LogP contribution is 2.45. The van der Waals surface area contributed by atoms with E-state index in [9.17, 15) is 4.79 Å². The van der Waals surface area contributed by atoms with Crippen LogP contribution in [0.4, 0.5) is 0 Å². The van der Waals surface area contributed by atoms with Crippen molar-refractivity contribution in [1.29, 1.82) is 0 Å². The molecule has 27 heavy (non-hydrogen) atoms. The Labute approximate surface area is 162 Å². The van der Waals surface area contributed by atoms with Gasteiger partial charge in [-0.25, -0.2) is 0 Å². The Morgan fingerprint density at radius 2 is 2.22 bits per heavy atom. The van der Waals surface area contributed by atoms with Gasteiger partial charge >= 0.3 is 0 Å². The molecule has 1 amide bonds. The predicted octanol–water partition coefficient (Wildman–Crippen LogP) is 2.88. The fourth-order valence-corrected chi connectivity index (χ4v) is 5.23. The molecule has 3 heterocycles. The van der Waals surface area contributed by atoms with E-state index in [0.29, 0.717) is 5.92 Å². The molecular formula is C22H31N3O2. The first-order valence-corrected chi connectivity index (χ1v) is 10.3. The standard InChI is InChI=1S/C22H31N3O2/c1-27-16-20-15-24(14-18-5-4-10-23-13-18)17-22(20)8-11-25(12-9-22)21(26)19-6-2-3-7-19/h4-6,10,13,20H,2-3,7-9,11-12,14-17H2,1H3. The first-order chi connectivity index (χ1) is 13.2. The van der Waals surface area contributed by atoms with E-state index in [0.717, 1.165) is 77.0 Å². The molecule has 0 bridgehead atoms. The number of aromatic nitrogens is 1. The number of carbonyl (C=O) groups is 1. The maximum atomic E-state index is 12.7. The van der Waals surface area contributed by atoms with Crippen molar-refractivity contribution < 1.29 is 9.53 Å². The number of hydrogen-bond donors (Lipinski definition) is 0. The van der Waals surface area contributed by atoms with Crippen LogP contribution in [0.1, 0.15) is 37.7 Å². The van der Waals surface area contributed by atoms with Crippen LogP contribution in [0.5, 0.6) is 0 Å². The highest BCUT2D eigenvalue weighted by Gasteiger charge is 2.48. The van der Waals surface area contributed by atoms with Gasteiger partial charge in [-0.15, -0.1) is 0 Å². The molecule has 0 N–H and O–H groups in total. The van der Waals surface area contributed by atoms with Crippen LogP contribution < -0.4 is 0 Å². The number of pyridine rings is 1. The van der Waals surface area contributed by atoms with Crippen LogP contribution in [-0.4, -0.2) is 60.6 Å². The normalized spacial score (nSPS) is 25.1. The number of allylic oxidation sites excluding steroid dienone is 1. The number of nitrogens with zero attached hydrogens (tertiary/aromatic N) is 3. The molecule has 5 heteroatoms. The minimum absolute atomic E-state index is 0.277. The van der Waals surface area contributed by atoms with Gasteiger partial charge in [-0.05, 0) is 49.1 Å². The molecule has 1 unspecified atom stereocenters. The van der Waals surface area contributed by atoms with Gasteiger partial charge in [0.2, 0.25) is 5.91 Å². The lowest BCUT2D eigenvalue weighted by Crippen LogP contribution is -2.47. The lowest BCUT2D eigenvalue weighted by molar-refractivity contribution is -0.130. The summed E-state index contributed by atoms with van der Waals surface area (Å²) in [5.41, 5.74) is 2.59. The summed E-state index contributed by atoms with van der Waals surface area (Å²) in [5.74, 6) is 0.831. The molecule has 2 fully saturated rings. The first-order valence-electron chi connectivity index (χ1n) is 10.3. The van der Waals surface area contributed by atoms with E-state index in [1.165, 1.54) is 5.56 Å². The van der Waals surface area contributed by atoms with Crippen LogP contribution in [0.25, 0.3) is 0 Å². The molecule has 0 saturated carbocycles. The van der Waals surface area contributed by atoms with Crippen LogP contribution in [0.2, 0.25) is 0 Å². The predicted molar refractivity (Wildman–Crippen MR) is 105 cm³/mol. The topological polar surface area (TPSA) is 45.7 Å². The largest absolute Gasteiger partial charge is 0.384 e. The van der Waals surface area contributed by atoms with Gasteiger partial charge in [0.05, 0.1) is 6.61 Å². The van der Waals surface area contributed by atoms with Crippen molar-refractivity contribution in [2.24, 2.45) is 11.3 Å². The molecule has 2 saturated heterocycles. The average molecular weight is 370 g/mol. The second kappa shape index (κ2) is 8.11. The zero-order valence-electron chi connectivity index (χ0n) is 16.4. The third kappa shape index (κ3) is 3.94. The molecule has 0 radical (unpaired) electrons. The highest BCUT2D eigenvalue weighted by molar-refractivity contribution is 5.93. The summed E-state index contributed by atoms with van der Waals surface area (Å²) in [6.07, 6.45) is 11.3. The second-order valence-corrected chi connectivity index (χ2v) is 8.46. The van der Waals surface area contributed by atoms with Crippen LogP contribution in [0.3, 0.4) is 0 Å². The molecule has 146 valence electrons. The minimum Gasteiger partial charge on any atom is -0.384 e. The summed E-state index contributed by atoms with van der Waals surface area (Å²) in [4.78, 5) is 21.6. The fraction of sp³-hybridized carbons (Fsp3) is 0.636. The van der Waals surface area contributed by atoms with Crippen LogP contribution >= 0.6 is 0 Å².